The van der Waals surface area contributed by atoms with E-state index in [-0.39, 0.29) is 18.4 Å². The summed E-state index contributed by atoms with van der Waals surface area (Å²) >= 11 is 0. The molecule has 6 nitrogen and oxygen atoms in total. The van der Waals surface area contributed by atoms with Gasteiger partial charge in [0.05, 0.1) is 18.7 Å². The average Bonchev–Trinajstić information content (AvgIpc) is 3.08. The summed E-state index contributed by atoms with van der Waals surface area (Å²) in [6.45, 7) is 3.01. The number of anilines is 1. The Hall–Kier alpha value is -2.80. The highest BCUT2D eigenvalue weighted by atomic mass is 19.1. The van der Waals surface area contributed by atoms with E-state index in [0.717, 1.165) is 5.69 Å². The van der Waals surface area contributed by atoms with Crippen molar-refractivity contribution in [3.63, 3.8) is 0 Å². The fraction of sp³-hybridized carbons (Fsp3) is 0.350. The van der Waals surface area contributed by atoms with Crippen LogP contribution in [0.15, 0.2) is 42.6 Å². The number of rotatable bonds is 2. The number of likely N-dealkylation sites (tertiary alicyclic amines) is 1. The molecule has 3 heterocycles. The van der Waals surface area contributed by atoms with Gasteiger partial charge in [-0.1, -0.05) is 6.07 Å². The number of nitrogens with zero attached hydrogens (tertiary/aromatic N) is 3. The van der Waals surface area contributed by atoms with Gasteiger partial charge in [-0.2, -0.15) is 0 Å². The Labute approximate surface area is 156 Å². The first-order valence-corrected chi connectivity index (χ1v) is 8.88. The fourth-order valence-electron chi connectivity index (χ4n) is 3.64. The van der Waals surface area contributed by atoms with Crippen LogP contribution in [-0.4, -0.2) is 53.5 Å². The molecule has 0 saturated carbocycles. The van der Waals surface area contributed by atoms with Crippen LogP contribution in [0, 0.1) is 12.7 Å². The van der Waals surface area contributed by atoms with Crippen LogP contribution < -0.4 is 4.90 Å². The maximum Gasteiger partial charge on any atom is 0.255 e. The first-order valence-electron chi connectivity index (χ1n) is 8.88. The molecule has 1 unspecified atom stereocenters. The van der Waals surface area contributed by atoms with Gasteiger partial charge in [0.2, 0.25) is 0 Å². The van der Waals surface area contributed by atoms with Crippen LogP contribution in [0.3, 0.4) is 0 Å². The molecule has 0 aliphatic carbocycles. The molecular formula is C20H20FN3O3. The van der Waals surface area contributed by atoms with Crippen LogP contribution in [0.5, 0.6) is 0 Å². The van der Waals surface area contributed by atoms with E-state index in [1.165, 1.54) is 12.1 Å². The number of aromatic nitrogens is 1. The quantitative estimate of drug-likeness (QED) is 0.814. The van der Waals surface area contributed by atoms with E-state index in [4.69, 9.17) is 4.74 Å². The highest BCUT2D eigenvalue weighted by Gasteiger charge is 2.46. The number of benzene rings is 1. The van der Waals surface area contributed by atoms with Crippen LogP contribution in [0.2, 0.25) is 0 Å². The number of carbonyl (C=O) groups excluding carboxylic acids is 2. The second-order valence-electron chi connectivity index (χ2n) is 7.10. The van der Waals surface area contributed by atoms with Gasteiger partial charge in [-0.15, -0.1) is 0 Å². The van der Waals surface area contributed by atoms with E-state index in [1.807, 2.05) is 6.92 Å². The average molecular weight is 369 g/mol. The number of halogens is 1. The molecular weight excluding hydrogens is 349 g/mol. The maximum atomic E-state index is 13.6. The van der Waals surface area contributed by atoms with Crippen LogP contribution in [0.25, 0.3) is 0 Å². The highest BCUT2D eigenvalue weighted by molar-refractivity contribution is 5.96. The van der Waals surface area contributed by atoms with Crippen molar-refractivity contribution in [2.75, 3.05) is 31.1 Å². The first-order chi connectivity index (χ1) is 13.0. The number of aryl methyl sites for hydroxylation is 1. The van der Waals surface area contributed by atoms with E-state index in [0.29, 0.717) is 37.3 Å². The Balaban J connectivity index is 1.51. The van der Waals surface area contributed by atoms with Gasteiger partial charge in [0.15, 0.2) is 0 Å². The Morgan fingerprint density at radius 1 is 1.26 bits per heavy atom. The minimum atomic E-state index is -0.631. The lowest BCUT2D eigenvalue weighted by Gasteiger charge is -2.40. The second-order valence-corrected chi connectivity index (χ2v) is 7.10. The summed E-state index contributed by atoms with van der Waals surface area (Å²) in [6.07, 6.45) is 2.20. The predicted molar refractivity (Wildman–Crippen MR) is 96.9 cm³/mol. The zero-order chi connectivity index (χ0) is 19.0. The van der Waals surface area contributed by atoms with Gasteiger partial charge in [0, 0.05) is 24.1 Å². The van der Waals surface area contributed by atoms with Gasteiger partial charge < -0.3 is 14.5 Å². The van der Waals surface area contributed by atoms with Gasteiger partial charge in [-0.3, -0.25) is 14.6 Å². The van der Waals surface area contributed by atoms with Gasteiger partial charge in [-0.05, 0) is 43.7 Å². The standard InChI is InChI=1S/C20H20FN3O3/c1-14-5-6-15(10-22-14)19(26)23-8-7-20(12-23)13-24(18(25)11-27-20)17-4-2-3-16(21)9-17/h2-6,9-10H,7-8,11-13H2,1H3. The molecule has 2 aliphatic heterocycles. The minimum absolute atomic E-state index is 0.0787. The zero-order valence-electron chi connectivity index (χ0n) is 15.0. The molecule has 2 aromatic rings. The molecule has 0 N–H and O–H groups in total. The zero-order valence-corrected chi connectivity index (χ0v) is 15.0. The lowest BCUT2D eigenvalue weighted by molar-refractivity contribution is -0.137. The molecule has 0 radical (unpaired) electrons. The first kappa shape index (κ1) is 17.6. The molecule has 0 bridgehead atoms. The Bertz CT molecular complexity index is 886. The summed E-state index contributed by atoms with van der Waals surface area (Å²) in [5.74, 6) is -0.702. The van der Waals surface area contributed by atoms with Crippen molar-refractivity contribution in [2.24, 2.45) is 0 Å². The van der Waals surface area contributed by atoms with Crippen molar-refractivity contribution in [2.45, 2.75) is 18.9 Å². The van der Waals surface area contributed by atoms with E-state index >= 15 is 0 Å². The van der Waals surface area contributed by atoms with Gasteiger partial charge in [0.25, 0.3) is 11.8 Å². The van der Waals surface area contributed by atoms with Crippen LogP contribution in [0.1, 0.15) is 22.5 Å². The van der Waals surface area contributed by atoms with Crippen molar-refractivity contribution < 1.29 is 18.7 Å². The largest absolute Gasteiger partial charge is 0.361 e. The highest BCUT2D eigenvalue weighted by Crippen LogP contribution is 2.32. The molecule has 2 saturated heterocycles. The smallest absolute Gasteiger partial charge is 0.255 e. The molecule has 27 heavy (non-hydrogen) atoms. The lowest BCUT2D eigenvalue weighted by atomic mass is 10.00. The van der Waals surface area contributed by atoms with Crippen molar-refractivity contribution in [3.05, 3.63) is 59.7 Å². The predicted octanol–water partition coefficient (Wildman–Crippen LogP) is 2.18. The van der Waals surface area contributed by atoms with Gasteiger partial charge >= 0.3 is 0 Å². The molecule has 140 valence electrons. The van der Waals surface area contributed by atoms with Gasteiger partial charge in [0.1, 0.15) is 18.0 Å². The summed E-state index contributed by atoms with van der Waals surface area (Å²) in [6, 6.07) is 9.54. The number of pyridine rings is 1. The van der Waals surface area contributed by atoms with Gasteiger partial charge in [-0.25, -0.2) is 4.39 Å². The third-order valence-corrected chi connectivity index (χ3v) is 5.13. The van der Waals surface area contributed by atoms with E-state index in [1.54, 1.807) is 40.3 Å². The number of hydrogen-bond acceptors (Lipinski definition) is 4. The lowest BCUT2D eigenvalue weighted by Crippen LogP contribution is -2.56. The van der Waals surface area contributed by atoms with Crippen LogP contribution >= 0.6 is 0 Å². The molecule has 2 aliphatic rings. The van der Waals surface area contributed by atoms with Crippen molar-refractivity contribution in [1.82, 2.24) is 9.88 Å². The molecule has 1 spiro atoms. The summed E-state index contributed by atoms with van der Waals surface area (Å²) in [4.78, 5) is 32.5. The maximum absolute atomic E-state index is 13.6. The molecule has 2 amide bonds. The molecule has 4 rings (SSSR count). The van der Waals surface area contributed by atoms with E-state index in [2.05, 4.69) is 4.98 Å². The summed E-state index contributed by atoms with van der Waals surface area (Å²) < 4.78 is 19.4. The van der Waals surface area contributed by atoms with Crippen LogP contribution in [-0.2, 0) is 9.53 Å². The Kier molecular flexibility index (Phi) is 4.39. The normalized spacial score (nSPS) is 22.5. The van der Waals surface area contributed by atoms with E-state index in [9.17, 15) is 14.0 Å². The Morgan fingerprint density at radius 3 is 2.85 bits per heavy atom. The minimum Gasteiger partial charge on any atom is -0.361 e. The van der Waals surface area contributed by atoms with Crippen molar-refractivity contribution in [3.8, 4) is 0 Å². The monoisotopic (exact) mass is 369 g/mol. The van der Waals surface area contributed by atoms with Crippen molar-refractivity contribution in [1.29, 1.82) is 0 Å². The fourth-order valence-corrected chi connectivity index (χ4v) is 3.64. The van der Waals surface area contributed by atoms with E-state index < -0.39 is 11.4 Å². The third-order valence-electron chi connectivity index (χ3n) is 5.13. The SMILES string of the molecule is Cc1ccc(C(=O)N2CCC3(C2)CN(c2cccc(F)c2)C(=O)CO3)cn1. The summed E-state index contributed by atoms with van der Waals surface area (Å²) in [5.41, 5.74) is 1.26. The molecule has 7 heteroatoms. The second kappa shape index (κ2) is 6.74. The van der Waals surface area contributed by atoms with Crippen LogP contribution in [0.4, 0.5) is 10.1 Å². The molecule has 1 aromatic carbocycles. The summed E-state index contributed by atoms with van der Waals surface area (Å²) in [7, 11) is 0. The number of hydrogen-bond donors (Lipinski definition) is 0. The number of carbonyl (C=O) groups is 2. The molecule has 2 fully saturated rings. The third kappa shape index (κ3) is 3.42. The number of amides is 2. The Morgan fingerprint density at radius 2 is 2.11 bits per heavy atom. The van der Waals surface area contributed by atoms with Crippen molar-refractivity contribution >= 4 is 17.5 Å². The molecule has 1 aromatic heterocycles. The number of ether oxygens (including phenoxy) is 1. The molecule has 1 atom stereocenters. The topological polar surface area (TPSA) is 62.7 Å². The number of morpholine rings is 1. The summed E-state index contributed by atoms with van der Waals surface area (Å²) in [5, 5.41) is 0.